The Labute approximate surface area is 157 Å². The first kappa shape index (κ1) is 17.2. The van der Waals surface area contributed by atoms with Gasteiger partial charge in [-0.15, -0.1) is 0 Å². The molecular weight excluding hydrogens is 340 g/mol. The van der Waals surface area contributed by atoms with Crippen LogP contribution in [-0.4, -0.2) is 30.1 Å². The molecule has 1 aliphatic rings. The van der Waals surface area contributed by atoms with Crippen molar-refractivity contribution in [3.05, 3.63) is 59.3 Å². The second kappa shape index (κ2) is 6.82. The molecule has 27 heavy (non-hydrogen) atoms. The number of ketones is 1. The van der Waals surface area contributed by atoms with E-state index in [0.717, 1.165) is 22.3 Å². The van der Waals surface area contributed by atoms with E-state index in [1.165, 1.54) is 0 Å². The first-order valence-electron chi connectivity index (χ1n) is 8.76. The SMILES string of the molecule is CC(=O)c1cc(C)cc2nc(C#N)c(-c3ccc(OC4COC4)cc3)cc12. The Balaban J connectivity index is 1.80. The Kier molecular flexibility index (Phi) is 4.35. The molecule has 134 valence electrons. The third-order valence-electron chi connectivity index (χ3n) is 4.64. The van der Waals surface area contributed by atoms with E-state index in [0.29, 0.717) is 35.6 Å². The summed E-state index contributed by atoms with van der Waals surface area (Å²) in [6, 6.07) is 15.4. The Hall–Kier alpha value is -3.23. The van der Waals surface area contributed by atoms with Crippen LogP contribution in [0.4, 0.5) is 0 Å². The van der Waals surface area contributed by atoms with Crippen LogP contribution >= 0.6 is 0 Å². The molecule has 0 aliphatic carbocycles. The molecule has 2 aromatic carbocycles. The van der Waals surface area contributed by atoms with Gasteiger partial charge in [0.25, 0.3) is 0 Å². The zero-order chi connectivity index (χ0) is 19.0. The van der Waals surface area contributed by atoms with Gasteiger partial charge in [-0.2, -0.15) is 5.26 Å². The van der Waals surface area contributed by atoms with E-state index < -0.39 is 0 Å². The third-order valence-corrected chi connectivity index (χ3v) is 4.64. The lowest BCUT2D eigenvalue weighted by atomic mass is 9.97. The number of aromatic nitrogens is 1. The molecule has 5 nitrogen and oxygen atoms in total. The summed E-state index contributed by atoms with van der Waals surface area (Å²) in [4.78, 5) is 16.6. The predicted molar refractivity (Wildman–Crippen MR) is 102 cm³/mol. The number of aryl methyl sites for hydroxylation is 1. The van der Waals surface area contributed by atoms with E-state index in [2.05, 4.69) is 11.1 Å². The van der Waals surface area contributed by atoms with Gasteiger partial charge in [0, 0.05) is 16.5 Å². The second-order valence-corrected chi connectivity index (χ2v) is 6.73. The van der Waals surface area contributed by atoms with Crippen LogP contribution in [0.1, 0.15) is 28.5 Å². The van der Waals surface area contributed by atoms with Gasteiger partial charge in [-0.3, -0.25) is 4.79 Å². The largest absolute Gasteiger partial charge is 0.486 e. The third kappa shape index (κ3) is 3.27. The molecule has 3 aromatic rings. The van der Waals surface area contributed by atoms with Crippen molar-refractivity contribution in [2.75, 3.05) is 13.2 Å². The number of benzene rings is 2. The molecule has 0 radical (unpaired) electrons. The zero-order valence-corrected chi connectivity index (χ0v) is 15.2. The second-order valence-electron chi connectivity index (χ2n) is 6.73. The highest BCUT2D eigenvalue weighted by Crippen LogP contribution is 2.30. The highest BCUT2D eigenvalue weighted by molar-refractivity contribution is 6.07. The van der Waals surface area contributed by atoms with Crippen molar-refractivity contribution in [1.82, 2.24) is 4.98 Å². The minimum absolute atomic E-state index is 0.0207. The molecule has 0 saturated carbocycles. The maximum atomic E-state index is 12.1. The van der Waals surface area contributed by atoms with Crippen LogP contribution in [0, 0.1) is 18.3 Å². The normalized spacial score (nSPS) is 13.8. The fourth-order valence-corrected chi connectivity index (χ4v) is 3.20. The van der Waals surface area contributed by atoms with Gasteiger partial charge in [-0.1, -0.05) is 12.1 Å². The molecule has 0 bridgehead atoms. The number of carbonyl (C=O) groups excluding carboxylic acids is 1. The number of fused-ring (bicyclic) bond motifs is 1. The van der Waals surface area contributed by atoms with E-state index in [1.54, 1.807) is 6.92 Å². The van der Waals surface area contributed by atoms with Crippen molar-refractivity contribution in [1.29, 1.82) is 5.26 Å². The lowest BCUT2D eigenvalue weighted by Gasteiger charge is -2.26. The Morgan fingerprint density at radius 2 is 1.96 bits per heavy atom. The monoisotopic (exact) mass is 358 g/mol. The number of hydrogen-bond donors (Lipinski definition) is 0. The van der Waals surface area contributed by atoms with Crippen LogP contribution < -0.4 is 4.74 Å². The van der Waals surface area contributed by atoms with Crippen LogP contribution in [-0.2, 0) is 4.74 Å². The van der Waals surface area contributed by atoms with Crippen molar-refractivity contribution in [2.45, 2.75) is 20.0 Å². The van der Waals surface area contributed by atoms with Gasteiger partial charge in [-0.05, 0) is 55.3 Å². The fourth-order valence-electron chi connectivity index (χ4n) is 3.20. The topological polar surface area (TPSA) is 72.2 Å². The molecule has 0 unspecified atom stereocenters. The van der Waals surface area contributed by atoms with E-state index in [9.17, 15) is 10.1 Å². The minimum atomic E-state index is -0.0207. The number of hydrogen-bond acceptors (Lipinski definition) is 5. The summed E-state index contributed by atoms with van der Waals surface area (Å²) in [7, 11) is 0. The Morgan fingerprint density at radius 1 is 1.22 bits per heavy atom. The van der Waals surface area contributed by atoms with Crippen molar-refractivity contribution < 1.29 is 14.3 Å². The van der Waals surface area contributed by atoms with E-state index in [1.807, 2.05) is 49.4 Å². The summed E-state index contributed by atoms with van der Waals surface area (Å²) in [5.74, 6) is 0.743. The summed E-state index contributed by atoms with van der Waals surface area (Å²) < 4.78 is 10.9. The molecule has 0 spiro atoms. The number of Topliss-reactive ketones (excluding diaryl/α,β-unsaturated/α-hetero) is 1. The maximum Gasteiger partial charge on any atom is 0.160 e. The maximum absolute atomic E-state index is 12.1. The summed E-state index contributed by atoms with van der Waals surface area (Å²) >= 11 is 0. The average Bonchev–Trinajstić information content (AvgIpc) is 2.63. The molecule has 1 aliphatic heterocycles. The smallest absolute Gasteiger partial charge is 0.160 e. The van der Waals surface area contributed by atoms with Crippen LogP contribution in [0.2, 0.25) is 0 Å². The van der Waals surface area contributed by atoms with Crippen molar-refractivity contribution >= 4 is 16.7 Å². The number of nitrogens with zero attached hydrogens (tertiary/aromatic N) is 2. The lowest BCUT2D eigenvalue weighted by Crippen LogP contribution is -2.38. The van der Waals surface area contributed by atoms with E-state index >= 15 is 0 Å². The highest BCUT2D eigenvalue weighted by Gasteiger charge is 2.20. The number of rotatable bonds is 4. The molecule has 1 fully saturated rings. The predicted octanol–water partition coefficient (Wildman–Crippen LogP) is 4.06. The molecule has 1 aromatic heterocycles. The summed E-state index contributed by atoms with van der Waals surface area (Å²) in [5, 5.41) is 10.3. The number of nitriles is 1. The first-order valence-corrected chi connectivity index (χ1v) is 8.76. The molecule has 0 atom stereocenters. The average molecular weight is 358 g/mol. The molecule has 0 amide bonds. The summed E-state index contributed by atoms with van der Waals surface area (Å²) in [5.41, 5.74) is 4.11. The van der Waals surface area contributed by atoms with Gasteiger partial charge in [0.1, 0.15) is 23.6 Å². The van der Waals surface area contributed by atoms with Crippen LogP contribution in [0.25, 0.3) is 22.0 Å². The quantitative estimate of drug-likeness (QED) is 0.658. The van der Waals surface area contributed by atoms with Gasteiger partial charge < -0.3 is 9.47 Å². The van der Waals surface area contributed by atoms with Crippen LogP contribution in [0.3, 0.4) is 0 Å². The van der Waals surface area contributed by atoms with Gasteiger partial charge >= 0.3 is 0 Å². The molecular formula is C22H18N2O3. The molecule has 4 rings (SSSR count). The van der Waals surface area contributed by atoms with Gasteiger partial charge in [0.05, 0.1) is 18.7 Å². The number of ether oxygens (including phenoxy) is 2. The summed E-state index contributed by atoms with van der Waals surface area (Å²) in [6.45, 7) is 4.69. The molecule has 2 heterocycles. The highest BCUT2D eigenvalue weighted by atomic mass is 16.6. The lowest BCUT2D eigenvalue weighted by molar-refractivity contribution is -0.0796. The number of carbonyl (C=O) groups is 1. The van der Waals surface area contributed by atoms with Gasteiger partial charge in [-0.25, -0.2) is 4.98 Å². The molecule has 0 N–H and O–H groups in total. The standard InChI is InChI=1S/C22H18N2O3/c1-13-7-18(14(2)25)20-9-19(22(10-23)24-21(20)8-13)15-3-5-16(6-4-15)27-17-11-26-12-17/h3-9,17H,11-12H2,1-2H3. The van der Waals surface area contributed by atoms with Crippen molar-refractivity contribution in [2.24, 2.45) is 0 Å². The first-order chi connectivity index (χ1) is 13.0. The van der Waals surface area contributed by atoms with Crippen molar-refractivity contribution in [3.8, 4) is 22.9 Å². The zero-order valence-electron chi connectivity index (χ0n) is 15.2. The molecule has 5 heteroatoms. The minimum Gasteiger partial charge on any atom is -0.486 e. The van der Waals surface area contributed by atoms with E-state index in [4.69, 9.17) is 9.47 Å². The van der Waals surface area contributed by atoms with Gasteiger partial charge in [0.2, 0.25) is 0 Å². The Morgan fingerprint density at radius 3 is 2.56 bits per heavy atom. The Bertz CT molecular complexity index is 1080. The molecule has 1 saturated heterocycles. The van der Waals surface area contributed by atoms with Crippen LogP contribution in [0.5, 0.6) is 5.75 Å². The van der Waals surface area contributed by atoms with E-state index in [-0.39, 0.29) is 11.9 Å². The van der Waals surface area contributed by atoms with Crippen LogP contribution in [0.15, 0.2) is 42.5 Å². The van der Waals surface area contributed by atoms with Gasteiger partial charge in [0.15, 0.2) is 5.78 Å². The fraction of sp³-hybridized carbons (Fsp3) is 0.227. The van der Waals surface area contributed by atoms with Crippen molar-refractivity contribution in [3.63, 3.8) is 0 Å². The summed E-state index contributed by atoms with van der Waals surface area (Å²) in [6.07, 6.45) is 0.106. The number of pyridine rings is 1.